The van der Waals surface area contributed by atoms with E-state index >= 15 is 0 Å². The maximum atomic E-state index is 12.5. The van der Waals surface area contributed by atoms with Gasteiger partial charge in [-0.1, -0.05) is 18.7 Å². The fraction of sp³-hybridized carbons (Fsp3) is 0.545. The Hall–Kier alpha value is -4.15. The highest BCUT2D eigenvalue weighted by Crippen LogP contribution is 2.38. The molecular formula is C33H40N8O2. The van der Waals surface area contributed by atoms with E-state index in [9.17, 15) is 15.3 Å². The summed E-state index contributed by atoms with van der Waals surface area (Å²) in [6.45, 7) is 7.84. The molecule has 1 aromatic heterocycles. The summed E-state index contributed by atoms with van der Waals surface area (Å²) in [6, 6.07) is 11.5. The van der Waals surface area contributed by atoms with Crippen LogP contribution < -0.4 is 14.5 Å². The zero-order valence-corrected chi connectivity index (χ0v) is 25.0. The van der Waals surface area contributed by atoms with Crippen molar-refractivity contribution in [2.24, 2.45) is 0 Å². The zero-order valence-electron chi connectivity index (χ0n) is 25.0. The van der Waals surface area contributed by atoms with Crippen molar-refractivity contribution in [3.63, 3.8) is 0 Å². The molecule has 6 rings (SSSR count). The molecule has 4 heterocycles. The number of ether oxygens (including phenoxy) is 1. The number of aromatic nitrogens is 2. The lowest BCUT2D eigenvalue weighted by molar-refractivity contribution is -0.128. The standard InChI is InChI=1S/C33H40N8O2/c1-3-30(42)40-18-17-39(21-26(40)13-14-34)32-28-12-11-25(41-16-5-9-23-7-4-8-24(20-35)31(23)41)19-29(28)36-33(37-32)43-22-27-10-6-15-38(27)2/h3-4,7-8,25-27H,1,5-6,9-13,15-19,21-22H2,2H3. The monoisotopic (exact) mass is 580 g/mol. The second kappa shape index (κ2) is 12.6. The number of aryl methyl sites for hydroxylation is 1. The Bertz CT molecular complexity index is 1460. The zero-order chi connectivity index (χ0) is 29.9. The molecule has 0 N–H and O–H groups in total. The van der Waals surface area contributed by atoms with Gasteiger partial charge in [-0.3, -0.25) is 4.79 Å². The van der Waals surface area contributed by atoms with Gasteiger partial charge in [0.2, 0.25) is 5.91 Å². The van der Waals surface area contributed by atoms with Crippen LogP contribution in [0.2, 0.25) is 0 Å². The number of piperazine rings is 1. The molecule has 0 saturated carbocycles. The third kappa shape index (κ3) is 5.77. The van der Waals surface area contributed by atoms with Crippen LogP contribution in [-0.4, -0.2) is 90.2 Å². The van der Waals surface area contributed by atoms with Crippen LogP contribution in [0, 0.1) is 22.7 Å². The maximum absolute atomic E-state index is 12.5. The summed E-state index contributed by atoms with van der Waals surface area (Å²) in [5.74, 6) is 0.722. The number of hydrogen-bond acceptors (Lipinski definition) is 9. The van der Waals surface area contributed by atoms with Crippen LogP contribution >= 0.6 is 0 Å². The van der Waals surface area contributed by atoms with Crippen LogP contribution in [0.5, 0.6) is 6.01 Å². The molecule has 1 aromatic carbocycles. The van der Waals surface area contributed by atoms with Crippen LogP contribution in [0.25, 0.3) is 0 Å². The molecule has 2 saturated heterocycles. The number of rotatable bonds is 7. The Labute approximate surface area is 254 Å². The molecule has 1 aliphatic carbocycles. The topological polar surface area (TPSA) is 113 Å². The van der Waals surface area contributed by atoms with E-state index in [1.54, 1.807) is 4.90 Å². The van der Waals surface area contributed by atoms with Crippen LogP contribution in [0.15, 0.2) is 30.9 Å². The fourth-order valence-corrected chi connectivity index (χ4v) is 7.38. The first-order valence-electron chi connectivity index (χ1n) is 15.6. The Balaban J connectivity index is 1.31. The maximum Gasteiger partial charge on any atom is 0.318 e. The average molecular weight is 581 g/mol. The molecule has 3 aliphatic heterocycles. The number of fused-ring (bicyclic) bond motifs is 2. The van der Waals surface area contributed by atoms with Gasteiger partial charge in [0, 0.05) is 50.2 Å². The molecule has 10 heteroatoms. The summed E-state index contributed by atoms with van der Waals surface area (Å²) in [7, 11) is 2.14. The normalized spacial score (nSPS) is 23.6. The second-order valence-electron chi connectivity index (χ2n) is 12.2. The first-order chi connectivity index (χ1) is 21.0. The number of likely N-dealkylation sites (tertiary alicyclic amines) is 1. The summed E-state index contributed by atoms with van der Waals surface area (Å²) < 4.78 is 6.31. The van der Waals surface area contributed by atoms with Gasteiger partial charge in [0.25, 0.3) is 0 Å². The Morgan fingerprint density at radius 2 is 2.00 bits per heavy atom. The first kappa shape index (κ1) is 28.9. The number of likely N-dealkylation sites (N-methyl/N-ethyl adjacent to an activating group) is 1. The van der Waals surface area contributed by atoms with Gasteiger partial charge in [-0.2, -0.15) is 20.5 Å². The Morgan fingerprint density at radius 1 is 1.12 bits per heavy atom. The number of nitriles is 2. The number of nitrogens with zero attached hydrogens (tertiary/aromatic N) is 8. The molecule has 224 valence electrons. The van der Waals surface area contributed by atoms with E-state index < -0.39 is 0 Å². The predicted molar refractivity (Wildman–Crippen MR) is 164 cm³/mol. The number of anilines is 2. The number of carbonyl (C=O) groups excluding carboxylic acids is 1. The van der Waals surface area contributed by atoms with Crippen molar-refractivity contribution in [2.45, 2.75) is 69.5 Å². The van der Waals surface area contributed by atoms with E-state index in [1.165, 1.54) is 18.1 Å². The minimum atomic E-state index is -0.239. The summed E-state index contributed by atoms with van der Waals surface area (Å²) in [4.78, 5) is 31.3. The van der Waals surface area contributed by atoms with Crippen molar-refractivity contribution in [1.29, 1.82) is 10.5 Å². The van der Waals surface area contributed by atoms with E-state index in [2.05, 4.69) is 46.5 Å². The number of carbonyl (C=O) groups is 1. The lowest BCUT2D eigenvalue weighted by Gasteiger charge is -2.43. The number of amides is 1. The molecule has 2 aromatic rings. The van der Waals surface area contributed by atoms with E-state index in [4.69, 9.17) is 14.7 Å². The molecule has 2 fully saturated rings. The van der Waals surface area contributed by atoms with Gasteiger partial charge in [0.1, 0.15) is 18.5 Å². The summed E-state index contributed by atoms with van der Waals surface area (Å²) in [6.07, 6.45) is 8.40. The van der Waals surface area contributed by atoms with E-state index in [0.717, 1.165) is 79.9 Å². The number of hydrogen-bond donors (Lipinski definition) is 0. The van der Waals surface area contributed by atoms with Gasteiger partial charge in [0.15, 0.2) is 0 Å². The molecular weight excluding hydrogens is 540 g/mol. The summed E-state index contributed by atoms with van der Waals surface area (Å²) in [5, 5.41) is 19.4. The Kier molecular flexibility index (Phi) is 8.49. The highest BCUT2D eigenvalue weighted by atomic mass is 16.5. The van der Waals surface area contributed by atoms with Gasteiger partial charge in [-0.05, 0) is 69.8 Å². The van der Waals surface area contributed by atoms with Crippen LogP contribution in [-0.2, 0) is 24.1 Å². The third-order valence-corrected chi connectivity index (χ3v) is 9.66. The second-order valence-corrected chi connectivity index (χ2v) is 12.2. The lowest BCUT2D eigenvalue weighted by Crippen LogP contribution is -2.55. The predicted octanol–water partition coefficient (Wildman–Crippen LogP) is 3.25. The van der Waals surface area contributed by atoms with E-state index in [-0.39, 0.29) is 24.4 Å². The molecule has 0 spiro atoms. The largest absolute Gasteiger partial charge is 0.462 e. The van der Waals surface area contributed by atoms with Crippen molar-refractivity contribution in [2.75, 3.05) is 56.2 Å². The van der Waals surface area contributed by atoms with Crippen LogP contribution in [0.4, 0.5) is 11.5 Å². The van der Waals surface area contributed by atoms with E-state index in [0.29, 0.717) is 38.3 Å². The minimum absolute atomic E-state index is 0.143. The third-order valence-electron chi connectivity index (χ3n) is 9.66. The fourth-order valence-electron chi connectivity index (χ4n) is 7.38. The number of benzene rings is 1. The molecule has 43 heavy (non-hydrogen) atoms. The quantitative estimate of drug-likeness (QED) is 0.456. The SMILES string of the molecule is C=CC(=O)N1CCN(c2nc(OCC3CCCN3C)nc3c2CCC(N2CCCc4cccc(C#N)c42)C3)CC1CC#N. The van der Waals surface area contributed by atoms with E-state index in [1.807, 2.05) is 12.1 Å². The molecule has 1 amide bonds. The highest BCUT2D eigenvalue weighted by Gasteiger charge is 2.36. The first-order valence-corrected chi connectivity index (χ1v) is 15.6. The van der Waals surface area contributed by atoms with Gasteiger partial charge in [0.05, 0.1) is 35.5 Å². The smallest absolute Gasteiger partial charge is 0.318 e. The minimum Gasteiger partial charge on any atom is -0.462 e. The van der Waals surface area contributed by atoms with Crippen LogP contribution in [0.3, 0.4) is 0 Å². The molecule has 3 atom stereocenters. The van der Waals surface area contributed by atoms with Crippen molar-refractivity contribution in [3.05, 3.63) is 53.2 Å². The molecule has 0 radical (unpaired) electrons. The summed E-state index contributed by atoms with van der Waals surface area (Å²) in [5.41, 5.74) is 5.21. The van der Waals surface area contributed by atoms with Crippen molar-refractivity contribution < 1.29 is 9.53 Å². The highest BCUT2D eigenvalue weighted by molar-refractivity contribution is 5.87. The van der Waals surface area contributed by atoms with Crippen LogP contribution in [0.1, 0.15) is 54.5 Å². The van der Waals surface area contributed by atoms with Crippen molar-refractivity contribution in [1.82, 2.24) is 19.8 Å². The Morgan fingerprint density at radius 3 is 2.77 bits per heavy atom. The van der Waals surface area contributed by atoms with Crippen molar-refractivity contribution >= 4 is 17.4 Å². The van der Waals surface area contributed by atoms with Gasteiger partial charge < -0.3 is 24.3 Å². The van der Waals surface area contributed by atoms with Gasteiger partial charge >= 0.3 is 6.01 Å². The molecule has 4 aliphatic rings. The summed E-state index contributed by atoms with van der Waals surface area (Å²) >= 11 is 0. The van der Waals surface area contributed by atoms with Crippen molar-refractivity contribution in [3.8, 4) is 18.1 Å². The average Bonchev–Trinajstić information content (AvgIpc) is 3.46. The number of para-hydroxylation sites is 1. The van der Waals surface area contributed by atoms with Gasteiger partial charge in [-0.15, -0.1) is 0 Å². The lowest BCUT2D eigenvalue weighted by atomic mass is 9.88. The van der Waals surface area contributed by atoms with Gasteiger partial charge in [-0.25, -0.2) is 0 Å². The molecule has 10 nitrogen and oxygen atoms in total. The molecule has 0 bridgehead atoms. The molecule has 3 unspecified atom stereocenters.